The van der Waals surface area contributed by atoms with Gasteiger partial charge in [0.2, 0.25) is 0 Å². The molecule has 1 aliphatic heterocycles. The number of aromatic nitrogens is 4. The zero-order chi connectivity index (χ0) is 46.6. The highest BCUT2D eigenvalue weighted by Gasteiger charge is 2.51. The van der Waals surface area contributed by atoms with E-state index in [0.717, 1.165) is 16.7 Å². The maximum atomic E-state index is 13.3. The van der Waals surface area contributed by atoms with Crippen molar-refractivity contribution in [3.05, 3.63) is 157 Å². The van der Waals surface area contributed by atoms with Crippen molar-refractivity contribution >= 4 is 31.4 Å². The number of hydrogen-bond acceptors (Lipinski definition) is 13. The largest absolute Gasteiger partial charge is 0.497 e. The fourth-order valence-corrected chi connectivity index (χ4v) is 9.90. The number of methoxy groups -OCH3 is 2. The first-order chi connectivity index (χ1) is 32.1. The van der Waals surface area contributed by atoms with E-state index in [0.29, 0.717) is 28.2 Å². The average Bonchev–Trinajstić information content (AvgIpc) is 3.93. The van der Waals surface area contributed by atoms with Crippen LogP contribution in [0.3, 0.4) is 0 Å². The van der Waals surface area contributed by atoms with E-state index in [1.807, 2.05) is 84.9 Å². The van der Waals surface area contributed by atoms with Gasteiger partial charge < -0.3 is 38.0 Å². The maximum Gasteiger partial charge on any atom is 0.259 e. The topological polar surface area (TPSA) is 164 Å². The number of fused-ring (bicyclic) bond motifs is 1. The summed E-state index contributed by atoms with van der Waals surface area (Å²) in [6, 6.07) is 36.7. The number of nitrogens with one attached hydrogen (secondary N) is 1. The van der Waals surface area contributed by atoms with Crippen LogP contribution >= 0.6 is 8.53 Å². The number of ether oxygens (including phenoxy) is 5. The average molecular weight is 914 g/mol. The van der Waals surface area contributed by atoms with Crippen molar-refractivity contribution in [1.82, 2.24) is 24.2 Å². The molecule has 5 atom stereocenters. The molecule has 2 aromatic heterocycles. The van der Waals surface area contributed by atoms with Crippen molar-refractivity contribution in [1.29, 1.82) is 5.26 Å². The monoisotopic (exact) mass is 913 g/mol. The molecule has 0 radical (unpaired) electrons. The van der Waals surface area contributed by atoms with Crippen LogP contribution in [0.4, 0.5) is 5.82 Å². The van der Waals surface area contributed by atoms with Crippen LogP contribution in [0.1, 0.15) is 67.4 Å². The standard InChI is InChI=1S/C50H56N7O8P/c1-8-29-61-45-44(65-66(63-30-15-28-51)57(34(2)3)35(4)5)42(64-49(45)56-33-54-43-46(52-32-53-47(43)56)55-48(58)36-16-11-9-12-17-36)31-62-50(37-18-13-10-14-19-37,38-20-24-40(59-6)25-21-38)39-22-26-41(60-7)27-23-39/h8-14,16-27,32-35,42,44-45,49H,1,15,29-31H2,2-7H3,(H,52,53,55,58)/t42-,44-,45-,49-,66?/m1/s1. The molecule has 0 saturated carbocycles. The summed E-state index contributed by atoms with van der Waals surface area (Å²) < 4.78 is 50.0. The molecule has 1 amide bonds. The lowest BCUT2D eigenvalue weighted by Crippen LogP contribution is -2.43. The van der Waals surface area contributed by atoms with E-state index in [2.05, 4.69) is 60.3 Å². The lowest BCUT2D eigenvalue weighted by molar-refractivity contribution is -0.0945. The van der Waals surface area contributed by atoms with Crippen LogP contribution in [0.2, 0.25) is 0 Å². The summed E-state index contributed by atoms with van der Waals surface area (Å²) in [5, 5.41) is 12.4. The van der Waals surface area contributed by atoms with Crippen molar-refractivity contribution < 1.29 is 37.5 Å². The predicted octanol–water partition coefficient (Wildman–Crippen LogP) is 9.23. The molecule has 16 heteroatoms. The Morgan fingerprint density at radius 2 is 1.48 bits per heavy atom. The van der Waals surface area contributed by atoms with Crippen molar-refractivity contribution in [2.75, 3.05) is 39.4 Å². The molecule has 1 aliphatic rings. The summed E-state index contributed by atoms with van der Waals surface area (Å²) in [4.78, 5) is 27.1. The highest BCUT2D eigenvalue weighted by Crippen LogP contribution is 2.51. The van der Waals surface area contributed by atoms with Crippen LogP contribution in [0, 0.1) is 11.3 Å². The molecule has 66 heavy (non-hydrogen) atoms. The summed E-state index contributed by atoms with van der Waals surface area (Å²) >= 11 is 0. The minimum Gasteiger partial charge on any atom is -0.497 e. The zero-order valence-electron chi connectivity index (χ0n) is 38.0. The quantitative estimate of drug-likeness (QED) is 0.0297. The number of carbonyl (C=O) groups is 1. The van der Waals surface area contributed by atoms with E-state index < -0.39 is 38.7 Å². The van der Waals surface area contributed by atoms with Crippen LogP contribution in [-0.4, -0.2) is 94.5 Å². The van der Waals surface area contributed by atoms with Gasteiger partial charge in [-0.05, 0) is 80.8 Å². The highest BCUT2D eigenvalue weighted by atomic mass is 31.2. The van der Waals surface area contributed by atoms with Crippen LogP contribution < -0.4 is 14.8 Å². The second kappa shape index (κ2) is 22.4. The molecular weight excluding hydrogens is 858 g/mol. The summed E-state index contributed by atoms with van der Waals surface area (Å²) in [6.07, 6.45) is 1.45. The van der Waals surface area contributed by atoms with Crippen LogP contribution in [-0.2, 0) is 28.9 Å². The minimum atomic E-state index is -1.81. The molecule has 1 fully saturated rings. The Bertz CT molecular complexity index is 2480. The summed E-state index contributed by atoms with van der Waals surface area (Å²) in [5.74, 6) is 1.27. The van der Waals surface area contributed by atoms with Crippen LogP contribution in [0.5, 0.6) is 11.5 Å². The number of imidazole rings is 1. The van der Waals surface area contributed by atoms with E-state index in [-0.39, 0.29) is 50.1 Å². The Hall–Kier alpha value is -6.08. The molecule has 1 N–H and O–H groups in total. The van der Waals surface area contributed by atoms with Crippen LogP contribution in [0.25, 0.3) is 11.2 Å². The minimum absolute atomic E-state index is 0.00763. The molecule has 3 heterocycles. The number of nitrogens with zero attached hydrogens (tertiary/aromatic N) is 6. The fraction of sp³-hybridized carbons (Fsp3) is 0.340. The van der Waals surface area contributed by atoms with Gasteiger partial charge in [-0.1, -0.05) is 78.9 Å². The van der Waals surface area contributed by atoms with Gasteiger partial charge in [0.05, 0.1) is 52.9 Å². The number of carbonyl (C=O) groups excluding carboxylic acids is 1. The molecule has 1 saturated heterocycles. The van der Waals surface area contributed by atoms with Gasteiger partial charge in [-0.25, -0.2) is 19.6 Å². The second-order valence-electron chi connectivity index (χ2n) is 16.0. The second-order valence-corrected chi connectivity index (χ2v) is 17.4. The maximum absolute atomic E-state index is 13.3. The number of rotatable bonds is 22. The Morgan fingerprint density at radius 1 is 0.879 bits per heavy atom. The van der Waals surface area contributed by atoms with E-state index in [1.165, 1.54) is 6.33 Å². The molecule has 1 unspecified atom stereocenters. The number of anilines is 1. The Kier molecular flexibility index (Phi) is 16.3. The normalized spacial score (nSPS) is 17.8. The van der Waals surface area contributed by atoms with Gasteiger partial charge in [0.15, 0.2) is 23.2 Å². The Balaban J connectivity index is 1.35. The van der Waals surface area contributed by atoms with Crippen LogP contribution in [0.15, 0.2) is 135 Å². The molecule has 15 nitrogen and oxygen atoms in total. The highest BCUT2D eigenvalue weighted by molar-refractivity contribution is 7.44. The third kappa shape index (κ3) is 10.5. The van der Waals surface area contributed by atoms with E-state index in [1.54, 1.807) is 55.5 Å². The molecule has 0 aliphatic carbocycles. The summed E-state index contributed by atoms with van der Waals surface area (Å²) in [7, 11) is 1.46. The van der Waals surface area contributed by atoms with Gasteiger partial charge >= 0.3 is 0 Å². The first-order valence-electron chi connectivity index (χ1n) is 21.8. The number of nitriles is 1. The van der Waals surface area contributed by atoms with Crippen molar-refractivity contribution in [3.8, 4) is 17.6 Å². The smallest absolute Gasteiger partial charge is 0.259 e. The SMILES string of the molecule is C=CCO[C@@H]1[C@H](OP(OCCC#N)N(C(C)C)C(C)C)[C@@H](COC(c2ccccc2)(c2ccc(OC)cc2)c2ccc(OC)cc2)O[C@H]1n1cnc2c(NC(=O)c3ccccc3)ncnc21. The van der Waals surface area contributed by atoms with Gasteiger partial charge in [-0.3, -0.25) is 9.36 Å². The van der Waals surface area contributed by atoms with E-state index >= 15 is 0 Å². The van der Waals surface area contributed by atoms with Crippen molar-refractivity contribution in [2.24, 2.45) is 0 Å². The van der Waals surface area contributed by atoms with Gasteiger partial charge in [-0.2, -0.15) is 5.26 Å². The summed E-state index contributed by atoms with van der Waals surface area (Å²) in [5.41, 5.74) is 2.54. The zero-order valence-corrected chi connectivity index (χ0v) is 38.9. The van der Waals surface area contributed by atoms with Crippen molar-refractivity contribution in [2.45, 2.75) is 76.3 Å². The van der Waals surface area contributed by atoms with Gasteiger partial charge in [0, 0.05) is 17.6 Å². The van der Waals surface area contributed by atoms with Gasteiger partial charge in [0.25, 0.3) is 14.4 Å². The molecule has 6 aromatic rings. The fourth-order valence-electron chi connectivity index (χ4n) is 8.13. The number of amides is 1. The van der Waals surface area contributed by atoms with Gasteiger partial charge in [0.1, 0.15) is 41.7 Å². The molecule has 7 rings (SSSR count). The predicted molar refractivity (Wildman–Crippen MR) is 252 cm³/mol. The lowest BCUT2D eigenvalue weighted by Gasteiger charge is -2.39. The third-order valence-electron chi connectivity index (χ3n) is 11.1. The number of benzene rings is 4. The first kappa shape index (κ1) is 47.9. The molecule has 4 aromatic carbocycles. The molecule has 344 valence electrons. The third-order valence-corrected chi connectivity index (χ3v) is 13.2. The first-order valence-corrected chi connectivity index (χ1v) is 22.9. The number of hydrogen-bond donors (Lipinski definition) is 1. The molecular formula is C50H56N7O8P. The van der Waals surface area contributed by atoms with Crippen molar-refractivity contribution in [3.63, 3.8) is 0 Å². The van der Waals surface area contributed by atoms with E-state index in [4.69, 9.17) is 37.7 Å². The Morgan fingerprint density at radius 3 is 2.06 bits per heavy atom. The summed E-state index contributed by atoms with van der Waals surface area (Å²) in [6.45, 7) is 12.6. The molecule has 0 spiro atoms. The van der Waals surface area contributed by atoms with E-state index in [9.17, 15) is 10.1 Å². The Labute approximate surface area is 387 Å². The molecule has 0 bridgehead atoms. The lowest BCUT2D eigenvalue weighted by atomic mass is 9.80. The van der Waals surface area contributed by atoms with Gasteiger partial charge in [-0.15, -0.1) is 6.58 Å².